The summed E-state index contributed by atoms with van der Waals surface area (Å²) in [5.74, 6) is -0.754. The lowest BCUT2D eigenvalue weighted by atomic mass is 9.96. The van der Waals surface area contributed by atoms with Gasteiger partial charge in [-0.05, 0) is 56.0 Å². The first-order chi connectivity index (χ1) is 14.4. The number of nitrogens with two attached hydrogens (primary N) is 1. The van der Waals surface area contributed by atoms with E-state index in [0.29, 0.717) is 24.3 Å². The van der Waals surface area contributed by atoms with Crippen LogP contribution in [0.5, 0.6) is 0 Å². The smallest absolute Gasteiger partial charge is 0.257 e. The van der Waals surface area contributed by atoms with Crippen LogP contribution in [-0.4, -0.2) is 39.6 Å². The van der Waals surface area contributed by atoms with Crippen LogP contribution < -0.4 is 5.73 Å². The fraction of sp³-hybridized carbons (Fsp3) is 0.292. The van der Waals surface area contributed by atoms with Gasteiger partial charge in [0.25, 0.3) is 5.91 Å². The van der Waals surface area contributed by atoms with Crippen LogP contribution in [-0.2, 0) is 4.79 Å². The number of carbonyl (C=O) groups excluding carboxylic acids is 2. The summed E-state index contributed by atoms with van der Waals surface area (Å²) >= 11 is 0. The molecule has 2 N–H and O–H groups in total. The molecular formula is C24H26N4O2. The predicted molar refractivity (Wildman–Crippen MR) is 116 cm³/mol. The van der Waals surface area contributed by atoms with Gasteiger partial charge in [0.15, 0.2) is 0 Å². The van der Waals surface area contributed by atoms with Crippen molar-refractivity contribution in [1.82, 2.24) is 14.7 Å². The number of aryl methyl sites for hydroxylation is 2. The van der Waals surface area contributed by atoms with Crippen LogP contribution in [0.4, 0.5) is 0 Å². The number of hydrogen-bond acceptors (Lipinski definition) is 3. The summed E-state index contributed by atoms with van der Waals surface area (Å²) in [7, 11) is 0. The molecule has 1 aliphatic rings. The second-order valence-electron chi connectivity index (χ2n) is 7.96. The van der Waals surface area contributed by atoms with Crippen LogP contribution in [0.2, 0.25) is 0 Å². The molecule has 2 amide bonds. The number of primary amides is 1. The minimum absolute atomic E-state index is 0.114. The number of para-hydroxylation sites is 1. The van der Waals surface area contributed by atoms with E-state index in [-0.39, 0.29) is 17.7 Å². The van der Waals surface area contributed by atoms with Crippen molar-refractivity contribution in [2.75, 3.05) is 13.1 Å². The summed E-state index contributed by atoms with van der Waals surface area (Å²) in [5.41, 5.74) is 10.8. The Labute approximate surface area is 176 Å². The van der Waals surface area contributed by atoms with Gasteiger partial charge in [-0.15, -0.1) is 0 Å². The van der Waals surface area contributed by atoms with Crippen molar-refractivity contribution in [2.24, 2.45) is 11.7 Å². The minimum Gasteiger partial charge on any atom is -0.369 e. The highest BCUT2D eigenvalue weighted by atomic mass is 16.2. The Morgan fingerprint density at radius 2 is 1.83 bits per heavy atom. The molecule has 0 aliphatic carbocycles. The van der Waals surface area contributed by atoms with Gasteiger partial charge in [-0.1, -0.05) is 30.3 Å². The van der Waals surface area contributed by atoms with E-state index in [0.717, 1.165) is 29.7 Å². The molecule has 1 atom stereocenters. The molecule has 0 bridgehead atoms. The standard InChI is InChI=1S/C24H26N4O2/c1-16-10-11-18(13-17(16)2)22-21(15-28(26-22)20-8-4-3-5-9-20)24(30)27-12-6-7-19(14-27)23(25)29/h3-5,8-11,13,15,19H,6-7,12,14H2,1-2H3,(H2,25,29). The Morgan fingerprint density at radius 3 is 2.53 bits per heavy atom. The molecule has 0 spiro atoms. The number of likely N-dealkylation sites (tertiary alicyclic amines) is 1. The van der Waals surface area contributed by atoms with Gasteiger partial charge in [0.05, 0.1) is 17.2 Å². The first-order valence-electron chi connectivity index (χ1n) is 10.3. The first kappa shape index (κ1) is 19.9. The Bertz CT molecular complexity index is 1090. The normalized spacial score (nSPS) is 16.5. The molecule has 0 radical (unpaired) electrons. The van der Waals surface area contributed by atoms with E-state index in [9.17, 15) is 9.59 Å². The fourth-order valence-corrected chi connectivity index (χ4v) is 3.91. The molecule has 1 fully saturated rings. The van der Waals surface area contributed by atoms with Crippen LogP contribution in [0.1, 0.15) is 34.3 Å². The summed E-state index contributed by atoms with van der Waals surface area (Å²) in [6.07, 6.45) is 3.29. The van der Waals surface area contributed by atoms with Gasteiger partial charge in [0.2, 0.25) is 5.91 Å². The number of aromatic nitrogens is 2. The van der Waals surface area contributed by atoms with Gasteiger partial charge in [-0.2, -0.15) is 5.10 Å². The van der Waals surface area contributed by atoms with Crippen molar-refractivity contribution in [1.29, 1.82) is 0 Å². The van der Waals surface area contributed by atoms with Crippen LogP contribution in [0.15, 0.2) is 54.7 Å². The molecule has 0 saturated carbocycles. The predicted octanol–water partition coefficient (Wildman–Crippen LogP) is 3.49. The molecule has 154 valence electrons. The molecule has 1 saturated heterocycles. The van der Waals surface area contributed by atoms with Crippen LogP contribution in [0.3, 0.4) is 0 Å². The molecular weight excluding hydrogens is 376 g/mol. The van der Waals surface area contributed by atoms with Crippen molar-refractivity contribution in [3.63, 3.8) is 0 Å². The molecule has 6 heteroatoms. The number of amides is 2. The van der Waals surface area contributed by atoms with Gasteiger partial charge in [-0.3, -0.25) is 9.59 Å². The fourth-order valence-electron chi connectivity index (χ4n) is 3.91. The number of carbonyl (C=O) groups is 2. The van der Waals surface area contributed by atoms with E-state index in [4.69, 9.17) is 10.8 Å². The highest BCUT2D eigenvalue weighted by Gasteiger charge is 2.30. The average Bonchev–Trinajstić information content (AvgIpc) is 3.21. The van der Waals surface area contributed by atoms with E-state index < -0.39 is 0 Å². The van der Waals surface area contributed by atoms with Gasteiger partial charge >= 0.3 is 0 Å². The maximum Gasteiger partial charge on any atom is 0.257 e. The van der Waals surface area contributed by atoms with Crippen molar-refractivity contribution in [3.05, 3.63) is 71.4 Å². The van der Waals surface area contributed by atoms with E-state index in [2.05, 4.69) is 19.9 Å². The molecule has 4 rings (SSSR count). The summed E-state index contributed by atoms with van der Waals surface area (Å²) in [6.45, 7) is 5.09. The maximum absolute atomic E-state index is 13.5. The molecule has 1 aliphatic heterocycles. The van der Waals surface area contributed by atoms with Gasteiger partial charge in [0, 0.05) is 24.8 Å². The van der Waals surface area contributed by atoms with Crippen LogP contribution in [0.25, 0.3) is 16.9 Å². The third-order valence-electron chi connectivity index (χ3n) is 5.86. The van der Waals surface area contributed by atoms with Gasteiger partial charge in [-0.25, -0.2) is 4.68 Å². The zero-order chi connectivity index (χ0) is 21.3. The van der Waals surface area contributed by atoms with Crippen LogP contribution >= 0.6 is 0 Å². The average molecular weight is 402 g/mol. The van der Waals surface area contributed by atoms with E-state index in [1.807, 2.05) is 42.5 Å². The summed E-state index contributed by atoms with van der Waals surface area (Å²) in [6, 6.07) is 15.8. The van der Waals surface area contributed by atoms with Crippen molar-refractivity contribution < 1.29 is 9.59 Å². The lowest BCUT2D eigenvalue weighted by molar-refractivity contribution is -0.123. The minimum atomic E-state index is -0.345. The quantitative estimate of drug-likeness (QED) is 0.725. The molecule has 6 nitrogen and oxygen atoms in total. The monoisotopic (exact) mass is 402 g/mol. The number of nitrogens with zero attached hydrogens (tertiary/aromatic N) is 3. The number of rotatable bonds is 4. The number of hydrogen-bond donors (Lipinski definition) is 1. The first-order valence-corrected chi connectivity index (χ1v) is 10.3. The van der Waals surface area contributed by atoms with Gasteiger partial charge < -0.3 is 10.6 Å². The Hall–Kier alpha value is -3.41. The second kappa shape index (κ2) is 8.14. The maximum atomic E-state index is 13.5. The topological polar surface area (TPSA) is 81.2 Å². The second-order valence-corrected chi connectivity index (χ2v) is 7.96. The lowest BCUT2D eigenvalue weighted by Crippen LogP contribution is -2.44. The van der Waals surface area contributed by atoms with Crippen LogP contribution in [0, 0.1) is 19.8 Å². The summed E-state index contributed by atoms with van der Waals surface area (Å²) in [4.78, 5) is 26.9. The van der Waals surface area contributed by atoms with E-state index >= 15 is 0 Å². The molecule has 30 heavy (non-hydrogen) atoms. The number of piperidine rings is 1. The highest BCUT2D eigenvalue weighted by molar-refractivity contribution is 6.00. The van der Waals surface area contributed by atoms with Crippen molar-refractivity contribution in [3.8, 4) is 16.9 Å². The lowest BCUT2D eigenvalue weighted by Gasteiger charge is -2.31. The highest BCUT2D eigenvalue weighted by Crippen LogP contribution is 2.28. The number of benzene rings is 2. The Kier molecular flexibility index (Phi) is 5.40. The van der Waals surface area contributed by atoms with Crippen molar-refractivity contribution in [2.45, 2.75) is 26.7 Å². The molecule has 1 aromatic heterocycles. The van der Waals surface area contributed by atoms with Gasteiger partial charge in [0.1, 0.15) is 5.69 Å². The zero-order valence-electron chi connectivity index (χ0n) is 17.3. The molecule has 1 unspecified atom stereocenters. The van der Waals surface area contributed by atoms with E-state index in [1.54, 1.807) is 15.8 Å². The molecule has 2 heterocycles. The zero-order valence-corrected chi connectivity index (χ0v) is 17.3. The van der Waals surface area contributed by atoms with Crippen molar-refractivity contribution >= 4 is 11.8 Å². The summed E-state index contributed by atoms with van der Waals surface area (Å²) < 4.78 is 1.74. The Balaban J connectivity index is 1.77. The molecule has 2 aromatic carbocycles. The summed E-state index contributed by atoms with van der Waals surface area (Å²) in [5, 5.41) is 4.77. The van der Waals surface area contributed by atoms with E-state index in [1.165, 1.54) is 5.56 Å². The Morgan fingerprint density at radius 1 is 1.07 bits per heavy atom. The SMILES string of the molecule is Cc1ccc(-c2nn(-c3ccccc3)cc2C(=O)N2CCCC(C(N)=O)C2)cc1C. The third-order valence-corrected chi connectivity index (χ3v) is 5.86. The molecule has 3 aromatic rings. The largest absolute Gasteiger partial charge is 0.369 e. The third kappa shape index (κ3) is 3.85.